The number of halogens is 3. The Bertz CT molecular complexity index is 862. The fourth-order valence-corrected chi connectivity index (χ4v) is 3.90. The molecule has 0 bridgehead atoms. The van der Waals surface area contributed by atoms with Crippen LogP contribution in [-0.4, -0.2) is 22.3 Å². The highest BCUT2D eigenvalue weighted by atomic mass is 35.5. The van der Waals surface area contributed by atoms with Gasteiger partial charge in [0.25, 0.3) is 0 Å². The molecule has 0 radical (unpaired) electrons. The Labute approximate surface area is 168 Å². The summed E-state index contributed by atoms with van der Waals surface area (Å²) in [6.07, 6.45) is 5.58. The van der Waals surface area contributed by atoms with E-state index in [1.807, 2.05) is 12.1 Å². The lowest BCUT2D eigenvalue weighted by Gasteiger charge is -2.21. The molecule has 3 nitrogen and oxygen atoms in total. The van der Waals surface area contributed by atoms with Gasteiger partial charge in [0.2, 0.25) is 11.9 Å². The number of amides is 1. The van der Waals surface area contributed by atoms with Crippen molar-refractivity contribution in [3.63, 3.8) is 0 Å². The van der Waals surface area contributed by atoms with Crippen molar-refractivity contribution in [2.24, 2.45) is 0 Å². The Balaban J connectivity index is 1.49. The number of hydrogen-bond donors (Lipinski definition) is 0. The van der Waals surface area contributed by atoms with Crippen LogP contribution in [0, 0.1) is 5.95 Å². The van der Waals surface area contributed by atoms with Crippen molar-refractivity contribution < 1.29 is 9.18 Å². The van der Waals surface area contributed by atoms with Crippen LogP contribution in [0.1, 0.15) is 43.0 Å². The number of carbonyl (C=O) groups excluding carboxylic acids is 1. The first-order valence-corrected chi connectivity index (χ1v) is 9.71. The van der Waals surface area contributed by atoms with E-state index in [4.69, 9.17) is 23.2 Å². The predicted octanol–water partition coefficient (Wildman–Crippen LogP) is 5.69. The van der Waals surface area contributed by atoms with Crippen LogP contribution in [0.4, 0.5) is 4.39 Å². The quantitative estimate of drug-likeness (QED) is 0.437. The highest BCUT2D eigenvalue weighted by molar-refractivity contribution is 6.34. The molecule has 0 atom stereocenters. The molecular formula is C21H21Cl2FN2O. The predicted molar refractivity (Wildman–Crippen MR) is 107 cm³/mol. The minimum Gasteiger partial charge on any atom is -0.339 e. The maximum Gasteiger partial charge on any atom is 0.219 e. The molecule has 1 amide bonds. The number of aromatic nitrogens is 1. The van der Waals surface area contributed by atoms with E-state index in [1.54, 1.807) is 24.0 Å². The summed E-state index contributed by atoms with van der Waals surface area (Å²) in [4.78, 5) is 17.7. The van der Waals surface area contributed by atoms with Crippen molar-refractivity contribution in [3.05, 3.63) is 68.7 Å². The van der Waals surface area contributed by atoms with E-state index in [-0.39, 0.29) is 5.91 Å². The van der Waals surface area contributed by atoms with Gasteiger partial charge in [-0.1, -0.05) is 34.9 Å². The maximum absolute atomic E-state index is 13.2. The van der Waals surface area contributed by atoms with Gasteiger partial charge in [0.05, 0.1) is 5.69 Å². The Kier molecular flexibility index (Phi) is 6.51. The summed E-state index contributed by atoms with van der Waals surface area (Å²) in [7, 11) is 0. The molecule has 142 valence electrons. The zero-order chi connectivity index (χ0) is 19.4. The molecular weight excluding hydrogens is 386 g/mol. The smallest absolute Gasteiger partial charge is 0.219 e. The number of rotatable bonds is 7. The van der Waals surface area contributed by atoms with Gasteiger partial charge in [0, 0.05) is 36.5 Å². The SMILES string of the molecule is CC(=O)N(CCCCC1=Cc2ccc(F)nc2C1)Cc1cc(Cl)cc(Cl)c1. The highest BCUT2D eigenvalue weighted by Gasteiger charge is 2.15. The molecule has 1 aliphatic rings. The number of fused-ring (bicyclic) bond motifs is 1. The van der Waals surface area contributed by atoms with E-state index >= 15 is 0 Å². The second kappa shape index (κ2) is 8.85. The van der Waals surface area contributed by atoms with Gasteiger partial charge in [-0.2, -0.15) is 4.39 Å². The van der Waals surface area contributed by atoms with Crippen molar-refractivity contribution in [1.29, 1.82) is 0 Å². The van der Waals surface area contributed by atoms with E-state index < -0.39 is 5.95 Å². The highest BCUT2D eigenvalue weighted by Crippen LogP contribution is 2.27. The molecule has 2 aromatic rings. The number of nitrogens with zero attached hydrogens (tertiary/aromatic N) is 2. The lowest BCUT2D eigenvalue weighted by molar-refractivity contribution is -0.129. The number of allylic oxidation sites excluding steroid dienone is 1. The first-order chi connectivity index (χ1) is 12.9. The molecule has 0 N–H and O–H groups in total. The molecule has 3 rings (SSSR count). The molecule has 0 unspecified atom stereocenters. The molecule has 0 aliphatic heterocycles. The number of hydrogen-bond acceptors (Lipinski definition) is 2. The third kappa shape index (κ3) is 5.53. The monoisotopic (exact) mass is 406 g/mol. The van der Waals surface area contributed by atoms with E-state index in [1.165, 1.54) is 11.6 Å². The molecule has 0 saturated carbocycles. The molecule has 1 aromatic carbocycles. The Morgan fingerprint density at radius 1 is 1.19 bits per heavy atom. The topological polar surface area (TPSA) is 33.2 Å². The van der Waals surface area contributed by atoms with Gasteiger partial charge in [0.15, 0.2) is 0 Å². The Morgan fingerprint density at radius 2 is 1.93 bits per heavy atom. The molecule has 1 aliphatic carbocycles. The lowest BCUT2D eigenvalue weighted by Crippen LogP contribution is -2.29. The summed E-state index contributed by atoms with van der Waals surface area (Å²) in [5.41, 5.74) is 4.01. The number of carbonyl (C=O) groups is 1. The van der Waals surface area contributed by atoms with Crippen LogP contribution in [-0.2, 0) is 17.8 Å². The average Bonchev–Trinajstić information content (AvgIpc) is 2.98. The normalized spacial score (nSPS) is 12.7. The molecule has 27 heavy (non-hydrogen) atoms. The fourth-order valence-electron chi connectivity index (χ4n) is 3.33. The van der Waals surface area contributed by atoms with Crippen molar-refractivity contribution in [3.8, 4) is 0 Å². The zero-order valence-electron chi connectivity index (χ0n) is 15.1. The van der Waals surface area contributed by atoms with Gasteiger partial charge in [-0.05, 0) is 60.7 Å². The van der Waals surface area contributed by atoms with Crippen LogP contribution in [0.25, 0.3) is 6.08 Å². The standard InChI is InChI=1S/C21H21Cl2FN2O/c1-14(27)26(13-16-9-18(22)12-19(23)10-16)7-3-2-4-15-8-17-5-6-21(24)25-20(17)11-15/h5-6,8-10,12H,2-4,7,11,13H2,1H3. The lowest BCUT2D eigenvalue weighted by atomic mass is 10.1. The van der Waals surface area contributed by atoms with Crippen LogP contribution < -0.4 is 0 Å². The van der Waals surface area contributed by atoms with Crippen LogP contribution >= 0.6 is 23.2 Å². The van der Waals surface area contributed by atoms with Crippen LogP contribution in [0.2, 0.25) is 10.0 Å². The van der Waals surface area contributed by atoms with Gasteiger partial charge >= 0.3 is 0 Å². The summed E-state index contributed by atoms with van der Waals surface area (Å²) in [5, 5.41) is 1.14. The molecule has 0 fully saturated rings. The zero-order valence-corrected chi connectivity index (χ0v) is 16.7. The summed E-state index contributed by atoms with van der Waals surface area (Å²) < 4.78 is 13.2. The molecule has 0 saturated heterocycles. The van der Waals surface area contributed by atoms with Gasteiger partial charge in [0.1, 0.15) is 0 Å². The molecule has 6 heteroatoms. The summed E-state index contributed by atoms with van der Waals surface area (Å²) >= 11 is 12.1. The molecule has 1 heterocycles. The van der Waals surface area contributed by atoms with Gasteiger partial charge in [-0.3, -0.25) is 4.79 Å². The van der Waals surface area contributed by atoms with Gasteiger partial charge in [-0.15, -0.1) is 0 Å². The third-order valence-electron chi connectivity index (χ3n) is 4.65. The first-order valence-electron chi connectivity index (χ1n) is 8.96. The van der Waals surface area contributed by atoms with Crippen molar-refractivity contribution in [2.45, 2.75) is 39.2 Å². The second-order valence-electron chi connectivity index (χ2n) is 6.82. The van der Waals surface area contributed by atoms with E-state index in [2.05, 4.69) is 11.1 Å². The summed E-state index contributed by atoms with van der Waals surface area (Å²) in [6, 6.07) is 8.51. The Morgan fingerprint density at radius 3 is 2.63 bits per heavy atom. The van der Waals surface area contributed by atoms with E-state index in [0.717, 1.165) is 36.1 Å². The second-order valence-corrected chi connectivity index (χ2v) is 7.70. The third-order valence-corrected chi connectivity index (χ3v) is 5.08. The van der Waals surface area contributed by atoms with Crippen molar-refractivity contribution in [1.82, 2.24) is 9.88 Å². The summed E-state index contributed by atoms with van der Waals surface area (Å²) in [6.45, 7) is 2.74. The average molecular weight is 407 g/mol. The van der Waals surface area contributed by atoms with Crippen molar-refractivity contribution in [2.75, 3.05) is 6.54 Å². The first kappa shape index (κ1) is 19.8. The van der Waals surface area contributed by atoms with Crippen LogP contribution in [0.15, 0.2) is 35.9 Å². The fraction of sp³-hybridized carbons (Fsp3) is 0.333. The molecule has 1 aromatic heterocycles. The van der Waals surface area contributed by atoms with Gasteiger partial charge < -0.3 is 4.90 Å². The largest absolute Gasteiger partial charge is 0.339 e. The Hall–Kier alpha value is -1.91. The minimum atomic E-state index is -0.429. The van der Waals surface area contributed by atoms with E-state index in [9.17, 15) is 9.18 Å². The van der Waals surface area contributed by atoms with Crippen molar-refractivity contribution >= 4 is 35.2 Å². The minimum absolute atomic E-state index is 0.0262. The number of benzene rings is 1. The summed E-state index contributed by atoms with van der Waals surface area (Å²) in [5.74, 6) is -0.403. The number of pyridine rings is 1. The van der Waals surface area contributed by atoms with E-state index in [0.29, 0.717) is 29.6 Å². The van der Waals surface area contributed by atoms with Crippen LogP contribution in [0.3, 0.4) is 0 Å². The number of unbranched alkanes of at least 4 members (excludes halogenated alkanes) is 1. The van der Waals surface area contributed by atoms with Crippen LogP contribution in [0.5, 0.6) is 0 Å². The van der Waals surface area contributed by atoms with Gasteiger partial charge in [-0.25, -0.2) is 4.98 Å². The molecule has 0 spiro atoms. The maximum atomic E-state index is 13.2.